The van der Waals surface area contributed by atoms with Crippen LogP contribution in [-0.2, 0) is 19.1 Å². The Hall–Kier alpha value is -2.40. The number of aliphatic hydroxyl groups is 1. The standard InChI is InChI=1S/C42H72O5/c1-3-5-7-9-11-13-15-16-17-18-19-20-21-22-23-24-25-26-27-29-31-33-35-37-42(45)47-40(38-43)39-46-41(44)36-34-32-30-28-14-12-10-8-6-4-2/h5,7,11,13,16-17,19-20,22-23,40,43H,3-4,6,8-10,12,14-15,18,21,24-39H2,1-2H3/b7-5-,13-11-,17-16-,20-19-,23-22-. The Balaban J connectivity index is 3.60. The molecule has 47 heavy (non-hydrogen) atoms. The van der Waals surface area contributed by atoms with Gasteiger partial charge in [-0.1, -0.05) is 164 Å². The largest absolute Gasteiger partial charge is 0.462 e. The molecule has 0 aliphatic heterocycles. The minimum Gasteiger partial charge on any atom is -0.462 e. The van der Waals surface area contributed by atoms with Crippen molar-refractivity contribution in [3.8, 4) is 0 Å². The predicted molar refractivity (Wildman–Crippen MR) is 200 cm³/mol. The lowest BCUT2D eigenvalue weighted by atomic mass is 10.1. The Morgan fingerprint density at radius 1 is 0.511 bits per heavy atom. The van der Waals surface area contributed by atoms with Gasteiger partial charge in [0.05, 0.1) is 6.61 Å². The maximum Gasteiger partial charge on any atom is 0.306 e. The number of esters is 2. The van der Waals surface area contributed by atoms with Crippen LogP contribution in [0.2, 0.25) is 0 Å². The highest BCUT2D eigenvalue weighted by atomic mass is 16.6. The monoisotopic (exact) mass is 657 g/mol. The first-order chi connectivity index (χ1) is 23.1. The van der Waals surface area contributed by atoms with E-state index in [1.54, 1.807) is 0 Å². The first kappa shape index (κ1) is 44.6. The molecule has 0 aliphatic carbocycles. The van der Waals surface area contributed by atoms with Gasteiger partial charge in [0.2, 0.25) is 0 Å². The quantitative estimate of drug-likeness (QED) is 0.0424. The molecule has 0 spiro atoms. The van der Waals surface area contributed by atoms with Crippen molar-refractivity contribution in [1.29, 1.82) is 0 Å². The summed E-state index contributed by atoms with van der Waals surface area (Å²) in [6.45, 7) is 3.99. The van der Waals surface area contributed by atoms with Crippen LogP contribution >= 0.6 is 0 Å². The minimum atomic E-state index is -0.776. The predicted octanol–water partition coefficient (Wildman–Crippen LogP) is 12.0. The molecule has 5 heteroatoms. The molecule has 0 saturated heterocycles. The topological polar surface area (TPSA) is 72.8 Å². The molecule has 0 aromatic carbocycles. The minimum absolute atomic E-state index is 0.0710. The number of carbonyl (C=O) groups is 2. The molecule has 1 N–H and O–H groups in total. The Morgan fingerprint density at radius 2 is 0.915 bits per heavy atom. The highest BCUT2D eigenvalue weighted by Crippen LogP contribution is 2.13. The van der Waals surface area contributed by atoms with Crippen LogP contribution in [0.1, 0.15) is 174 Å². The van der Waals surface area contributed by atoms with Gasteiger partial charge in [0.1, 0.15) is 6.61 Å². The van der Waals surface area contributed by atoms with Crippen LogP contribution < -0.4 is 0 Å². The van der Waals surface area contributed by atoms with Crippen LogP contribution in [0.4, 0.5) is 0 Å². The van der Waals surface area contributed by atoms with Gasteiger partial charge in [0, 0.05) is 12.8 Å². The van der Waals surface area contributed by atoms with Crippen LogP contribution in [-0.4, -0.2) is 36.4 Å². The number of rotatable bonds is 34. The summed E-state index contributed by atoms with van der Waals surface area (Å²) in [6, 6.07) is 0. The van der Waals surface area contributed by atoms with E-state index in [-0.39, 0.29) is 25.2 Å². The average Bonchev–Trinajstić information content (AvgIpc) is 3.07. The first-order valence-corrected chi connectivity index (χ1v) is 19.3. The Kier molecular flexibility index (Phi) is 36.1. The van der Waals surface area contributed by atoms with E-state index < -0.39 is 6.10 Å². The third kappa shape index (κ3) is 36.3. The molecule has 0 radical (unpaired) electrons. The lowest BCUT2D eigenvalue weighted by Crippen LogP contribution is -2.28. The molecular formula is C42H72O5. The molecular weight excluding hydrogens is 584 g/mol. The Labute approximate surface area is 290 Å². The second-order valence-electron chi connectivity index (χ2n) is 12.6. The molecule has 0 amide bonds. The molecule has 5 nitrogen and oxygen atoms in total. The summed E-state index contributed by atoms with van der Waals surface area (Å²) in [5.74, 6) is -0.608. The lowest BCUT2D eigenvalue weighted by molar-refractivity contribution is -0.161. The second-order valence-corrected chi connectivity index (χ2v) is 12.6. The molecule has 0 fully saturated rings. The van der Waals surface area contributed by atoms with Crippen molar-refractivity contribution in [3.63, 3.8) is 0 Å². The van der Waals surface area contributed by atoms with Crippen LogP contribution in [0.3, 0.4) is 0 Å². The maximum atomic E-state index is 12.2. The summed E-state index contributed by atoms with van der Waals surface area (Å²) in [7, 11) is 0. The number of aliphatic hydroxyl groups excluding tert-OH is 1. The summed E-state index contributed by atoms with van der Waals surface area (Å²) in [5.41, 5.74) is 0. The number of carbonyl (C=O) groups excluding carboxylic acids is 2. The molecule has 270 valence electrons. The zero-order valence-electron chi connectivity index (χ0n) is 30.5. The molecule has 1 unspecified atom stereocenters. The Morgan fingerprint density at radius 3 is 1.38 bits per heavy atom. The van der Waals surface area contributed by atoms with Crippen molar-refractivity contribution >= 4 is 11.9 Å². The van der Waals surface area contributed by atoms with Gasteiger partial charge in [-0.3, -0.25) is 9.59 Å². The van der Waals surface area contributed by atoms with Gasteiger partial charge >= 0.3 is 11.9 Å². The van der Waals surface area contributed by atoms with Gasteiger partial charge in [-0.25, -0.2) is 0 Å². The number of hydrogen-bond acceptors (Lipinski definition) is 5. The van der Waals surface area contributed by atoms with Gasteiger partial charge in [-0.15, -0.1) is 0 Å². The van der Waals surface area contributed by atoms with Crippen molar-refractivity contribution in [2.45, 2.75) is 180 Å². The maximum absolute atomic E-state index is 12.2. The van der Waals surface area contributed by atoms with Gasteiger partial charge in [-0.05, 0) is 57.8 Å². The van der Waals surface area contributed by atoms with Crippen molar-refractivity contribution < 1.29 is 24.2 Å². The average molecular weight is 657 g/mol. The lowest BCUT2D eigenvalue weighted by Gasteiger charge is -2.15. The number of unbranched alkanes of at least 4 members (excludes halogenated alkanes) is 16. The summed E-state index contributed by atoms with van der Waals surface area (Å²) in [6.07, 6.45) is 48.5. The number of allylic oxidation sites excluding steroid dienone is 10. The van der Waals surface area contributed by atoms with Gasteiger partial charge in [-0.2, -0.15) is 0 Å². The van der Waals surface area contributed by atoms with Crippen LogP contribution in [0.25, 0.3) is 0 Å². The highest BCUT2D eigenvalue weighted by molar-refractivity contribution is 5.70. The zero-order chi connectivity index (χ0) is 34.3. The number of ether oxygens (including phenoxy) is 2. The fourth-order valence-corrected chi connectivity index (χ4v) is 5.17. The van der Waals surface area contributed by atoms with Crippen LogP contribution in [0.15, 0.2) is 60.8 Å². The highest BCUT2D eigenvalue weighted by Gasteiger charge is 2.16. The second kappa shape index (κ2) is 38.1. The van der Waals surface area contributed by atoms with E-state index in [9.17, 15) is 14.7 Å². The molecule has 0 heterocycles. The van der Waals surface area contributed by atoms with Gasteiger partial charge < -0.3 is 14.6 Å². The van der Waals surface area contributed by atoms with Crippen molar-refractivity contribution in [2.24, 2.45) is 0 Å². The van der Waals surface area contributed by atoms with Crippen LogP contribution in [0.5, 0.6) is 0 Å². The van der Waals surface area contributed by atoms with E-state index in [1.165, 1.54) is 70.6 Å². The van der Waals surface area contributed by atoms with Crippen LogP contribution in [0, 0.1) is 0 Å². The summed E-state index contributed by atoms with van der Waals surface area (Å²) in [4.78, 5) is 24.2. The zero-order valence-corrected chi connectivity index (χ0v) is 30.5. The molecule has 0 aromatic rings. The number of hydrogen-bond donors (Lipinski definition) is 1. The van der Waals surface area contributed by atoms with Crippen molar-refractivity contribution in [1.82, 2.24) is 0 Å². The molecule has 0 rings (SSSR count). The third-order valence-electron chi connectivity index (χ3n) is 8.08. The van der Waals surface area contributed by atoms with E-state index >= 15 is 0 Å². The van der Waals surface area contributed by atoms with E-state index in [0.29, 0.717) is 12.8 Å². The molecule has 0 saturated carbocycles. The SMILES string of the molecule is CC/C=C\C/C=C\C/C=C\C/C=C\C/C=C\CCCCCCCCCC(=O)OC(CO)COC(=O)CCCCCCCCCCCC. The third-order valence-corrected chi connectivity index (χ3v) is 8.08. The molecule has 0 aromatic heterocycles. The van der Waals surface area contributed by atoms with Gasteiger partial charge in [0.15, 0.2) is 6.10 Å². The van der Waals surface area contributed by atoms with Crippen molar-refractivity contribution in [2.75, 3.05) is 13.2 Å². The fourth-order valence-electron chi connectivity index (χ4n) is 5.17. The summed E-state index contributed by atoms with van der Waals surface area (Å²) >= 11 is 0. The Bertz CT molecular complexity index is 838. The van der Waals surface area contributed by atoms with E-state index in [0.717, 1.165) is 77.0 Å². The van der Waals surface area contributed by atoms with E-state index in [2.05, 4.69) is 74.6 Å². The smallest absolute Gasteiger partial charge is 0.306 e. The van der Waals surface area contributed by atoms with Crippen molar-refractivity contribution in [3.05, 3.63) is 60.8 Å². The molecule has 0 aliphatic rings. The fraction of sp³-hybridized carbons (Fsp3) is 0.714. The summed E-state index contributed by atoms with van der Waals surface area (Å²) in [5, 5.41) is 9.53. The summed E-state index contributed by atoms with van der Waals surface area (Å²) < 4.78 is 10.6. The van der Waals surface area contributed by atoms with E-state index in [1.807, 2.05) is 0 Å². The van der Waals surface area contributed by atoms with E-state index in [4.69, 9.17) is 9.47 Å². The first-order valence-electron chi connectivity index (χ1n) is 19.3. The molecule has 0 bridgehead atoms. The normalized spacial score (nSPS) is 12.8. The van der Waals surface area contributed by atoms with Gasteiger partial charge in [0.25, 0.3) is 0 Å². The molecule has 1 atom stereocenters.